The minimum atomic E-state index is -1.000. The number of rotatable bonds is 15. The average Bonchev–Trinajstić information content (AvgIpc) is 3.73. The SMILES string of the molecule is CC(C)(c1ccc(OCC(CF)OC(=O)CCl)cc1)c1ccc(OCC(CN2CC2)OC(=O)C[NH3+])cc1. The molecule has 0 aromatic heterocycles. The highest BCUT2D eigenvalue weighted by atomic mass is 35.5. The monoisotopic (exact) mass is 537 g/mol. The third-order valence-corrected chi connectivity index (χ3v) is 6.33. The Kier molecular flexibility index (Phi) is 10.5. The first-order valence-corrected chi connectivity index (χ1v) is 12.8. The molecule has 0 spiro atoms. The molecule has 10 heteroatoms. The Morgan fingerprint density at radius 3 is 1.84 bits per heavy atom. The number of halogens is 2. The number of ether oxygens (including phenoxy) is 4. The van der Waals surface area contributed by atoms with Crippen LogP contribution in [0.15, 0.2) is 48.5 Å². The molecule has 8 nitrogen and oxygen atoms in total. The minimum absolute atomic E-state index is 0.0928. The van der Waals surface area contributed by atoms with E-state index in [1.165, 1.54) is 0 Å². The number of esters is 2. The van der Waals surface area contributed by atoms with E-state index in [0.717, 1.165) is 24.2 Å². The molecule has 0 aliphatic carbocycles. The predicted molar refractivity (Wildman–Crippen MR) is 137 cm³/mol. The van der Waals surface area contributed by atoms with Crippen molar-refractivity contribution in [2.75, 3.05) is 51.9 Å². The van der Waals surface area contributed by atoms with Crippen LogP contribution in [0, 0.1) is 0 Å². The van der Waals surface area contributed by atoms with Crippen LogP contribution in [0.1, 0.15) is 25.0 Å². The van der Waals surface area contributed by atoms with E-state index in [2.05, 4.69) is 24.5 Å². The molecule has 0 bridgehead atoms. The molecular weight excluding hydrogens is 503 g/mol. The summed E-state index contributed by atoms with van der Waals surface area (Å²) in [5, 5.41) is 0. The van der Waals surface area contributed by atoms with Crippen LogP contribution in [0.2, 0.25) is 0 Å². The van der Waals surface area contributed by atoms with Gasteiger partial charge in [0.25, 0.3) is 0 Å². The molecule has 2 aromatic carbocycles. The number of alkyl halides is 2. The molecule has 1 aliphatic rings. The van der Waals surface area contributed by atoms with Crippen molar-refractivity contribution in [3.05, 3.63) is 59.7 Å². The first-order valence-electron chi connectivity index (χ1n) is 12.2. The molecule has 37 heavy (non-hydrogen) atoms. The second kappa shape index (κ2) is 13.6. The van der Waals surface area contributed by atoms with Crippen molar-refractivity contribution in [3.8, 4) is 11.5 Å². The van der Waals surface area contributed by atoms with Gasteiger partial charge in [-0.05, 0) is 35.4 Å². The summed E-state index contributed by atoms with van der Waals surface area (Å²) in [5.74, 6) is -0.114. The fraction of sp³-hybridized carbons (Fsp3) is 0.481. The third kappa shape index (κ3) is 8.87. The van der Waals surface area contributed by atoms with Gasteiger partial charge in [-0.1, -0.05) is 38.1 Å². The van der Waals surface area contributed by atoms with Crippen LogP contribution >= 0.6 is 11.6 Å². The number of carbonyl (C=O) groups excluding carboxylic acids is 2. The molecule has 202 valence electrons. The van der Waals surface area contributed by atoms with Crippen molar-refractivity contribution in [1.29, 1.82) is 0 Å². The molecule has 0 saturated carbocycles. The van der Waals surface area contributed by atoms with Gasteiger partial charge in [0.1, 0.15) is 43.4 Å². The van der Waals surface area contributed by atoms with E-state index in [-0.39, 0.29) is 43.1 Å². The topological polar surface area (TPSA) is 102 Å². The molecule has 1 fully saturated rings. The largest absolute Gasteiger partial charge is 0.490 e. The number of carbonyl (C=O) groups is 2. The molecule has 0 radical (unpaired) electrons. The van der Waals surface area contributed by atoms with Crippen LogP contribution in [0.5, 0.6) is 11.5 Å². The molecule has 3 N–H and O–H groups in total. The zero-order chi connectivity index (χ0) is 26.8. The van der Waals surface area contributed by atoms with E-state index in [0.29, 0.717) is 18.0 Å². The Hall–Kier alpha value is -2.88. The normalized spacial score (nSPS) is 14.9. The van der Waals surface area contributed by atoms with Crippen LogP contribution in [0.3, 0.4) is 0 Å². The van der Waals surface area contributed by atoms with Crippen LogP contribution in [-0.4, -0.2) is 81.0 Å². The fourth-order valence-electron chi connectivity index (χ4n) is 3.72. The quantitative estimate of drug-likeness (QED) is 0.211. The van der Waals surface area contributed by atoms with E-state index in [9.17, 15) is 14.0 Å². The number of hydrogen-bond donors (Lipinski definition) is 1. The van der Waals surface area contributed by atoms with Crippen LogP contribution in [0.25, 0.3) is 0 Å². The van der Waals surface area contributed by atoms with Crippen LogP contribution < -0.4 is 15.2 Å². The summed E-state index contributed by atoms with van der Waals surface area (Å²) in [7, 11) is 0. The van der Waals surface area contributed by atoms with Gasteiger partial charge in [-0.25, -0.2) is 9.18 Å². The summed E-state index contributed by atoms with van der Waals surface area (Å²) in [6, 6.07) is 15.3. The van der Waals surface area contributed by atoms with Crippen molar-refractivity contribution in [1.82, 2.24) is 4.90 Å². The van der Waals surface area contributed by atoms with Gasteiger partial charge in [0, 0.05) is 25.0 Å². The lowest BCUT2D eigenvalue weighted by Gasteiger charge is -2.27. The van der Waals surface area contributed by atoms with E-state index in [1.807, 2.05) is 36.4 Å². The Morgan fingerprint density at radius 1 is 0.919 bits per heavy atom. The molecule has 1 aliphatic heterocycles. The maximum atomic E-state index is 13.1. The zero-order valence-corrected chi connectivity index (χ0v) is 22.0. The first-order chi connectivity index (χ1) is 17.7. The minimum Gasteiger partial charge on any atom is -0.490 e. The summed E-state index contributed by atoms with van der Waals surface area (Å²) in [6.07, 6.45) is -1.33. The van der Waals surface area contributed by atoms with E-state index >= 15 is 0 Å². The standard InChI is InChI=1S/C27H34ClFN2O6/c1-27(2,19-3-7-21(8-4-19)34-17-23(14-29)36-25(32)13-28)20-5-9-22(10-6-20)35-18-24(16-31-11-12-31)37-26(33)15-30/h3-10,23-24H,11-18,30H2,1-2H3/p+1. The van der Waals surface area contributed by atoms with Gasteiger partial charge in [0.15, 0.2) is 12.6 Å². The van der Waals surface area contributed by atoms with Crippen LogP contribution in [0.4, 0.5) is 4.39 Å². The molecule has 2 unspecified atom stereocenters. The number of nitrogens with zero attached hydrogens (tertiary/aromatic N) is 1. The van der Waals surface area contributed by atoms with E-state index in [4.69, 9.17) is 30.5 Å². The van der Waals surface area contributed by atoms with Crippen molar-refractivity contribution in [3.63, 3.8) is 0 Å². The highest BCUT2D eigenvalue weighted by molar-refractivity contribution is 6.26. The summed E-state index contributed by atoms with van der Waals surface area (Å²) in [6.45, 7) is 6.32. The van der Waals surface area contributed by atoms with E-state index in [1.54, 1.807) is 12.1 Å². The maximum Gasteiger partial charge on any atom is 0.362 e. The van der Waals surface area contributed by atoms with Gasteiger partial charge in [-0.2, -0.15) is 0 Å². The second-order valence-corrected chi connectivity index (χ2v) is 9.63. The molecular formula is C27H35ClFN2O6+. The lowest BCUT2D eigenvalue weighted by molar-refractivity contribution is -0.360. The molecule has 2 atom stereocenters. The Balaban J connectivity index is 1.56. The van der Waals surface area contributed by atoms with Gasteiger partial charge in [-0.3, -0.25) is 9.69 Å². The molecule has 0 amide bonds. The highest BCUT2D eigenvalue weighted by Crippen LogP contribution is 2.33. The number of benzene rings is 2. The second-order valence-electron chi connectivity index (χ2n) is 9.36. The lowest BCUT2D eigenvalue weighted by atomic mass is 9.78. The third-order valence-electron chi connectivity index (χ3n) is 6.11. The Morgan fingerprint density at radius 2 is 1.41 bits per heavy atom. The smallest absolute Gasteiger partial charge is 0.362 e. The van der Waals surface area contributed by atoms with Gasteiger partial charge in [0.05, 0.1) is 0 Å². The molecule has 3 rings (SSSR count). The highest BCUT2D eigenvalue weighted by Gasteiger charge is 2.26. The van der Waals surface area contributed by atoms with E-state index < -0.39 is 18.7 Å². The first kappa shape index (κ1) is 28.7. The summed E-state index contributed by atoms with van der Waals surface area (Å²) in [5.41, 5.74) is 5.41. The zero-order valence-electron chi connectivity index (χ0n) is 21.3. The van der Waals surface area contributed by atoms with Gasteiger partial charge < -0.3 is 24.7 Å². The van der Waals surface area contributed by atoms with Crippen molar-refractivity contribution in [2.24, 2.45) is 0 Å². The van der Waals surface area contributed by atoms with Gasteiger partial charge in [0.2, 0.25) is 0 Å². The summed E-state index contributed by atoms with van der Waals surface area (Å²) < 4.78 is 34.9. The average molecular weight is 538 g/mol. The Labute approximate surface area is 221 Å². The van der Waals surface area contributed by atoms with Gasteiger partial charge >= 0.3 is 11.9 Å². The van der Waals surface area contributed by atoms with Crippen molar-refractivity contribution >= 4 is 23.5 Å². The number of quaternary nitrogens is 1. The fourth-order valence-corrected chi connectivity index (χ4v) is 3.78. The summed E-state index contributed by atoms with van der Waals surface area (Å²) >= 11 is 5.39. The Bertz CT molecular complexity index is 1010. The number of hydrogen-bond acceptors (Lipinski definition) is 7. The van der Waals surface area contributed by atoms with Gasteiger partial charge in [-0.15, -0.1) is 11.6 Å². The summed E-state index contributed by atoms with van der Waals surface area (Å²) in [4.78, 5) is 25.1. The lowest BCUT2D eigenvalue weighted by Crippen LogP contribution is -2.55. The molecule has 1 saturated heterocycles. The van der Waals surface area contributed by atoms with Crippen molar-refractivity contribution < 1.29 is 38.7 Å². The van der Waals surface area contributed by atoms with Crippen LogP contribution in [-0.2, 0) is 24.5 Å². The predicted octanol–water partition coefficient (Wildman–Crippen LogP) is 2.36. The van der Waals surface area contributed by atoms with Crippen molar-refractivity contribution in [2.45, 2.75) is 31.5 Å². The molecule has 1 heterocycles. The molecule has 2 aromatic rings. The maximum absolute atomic E-state index is 13.1.